The number of aliphatic carboxylic acids is 1. The molecule has 7 nitrogen and oxygen atoms in total. The second-order valence-corrected chi connectivity index (χ2v) is 5.64. The number of hydrogen-bond acceptors (Lipinski definition) is 5. The second-order valence-electron chi connectivity index (χ2n) is 5.64. The highest BCUT2D eigenvalue weighted by molar-refractivity contribution is 6.09. The molecule has 0 saturated carbocycles. The molecule has 2 aromatic carbocycles. The van der Waals surface area contributed by atoms with Crippen LogP contribution in [0, 0.1) is 10.1 Å². The fourth-order valence-corrected chi connectivity index (χ4v) is 3.02. The number of ether oxygens (including phenoxy) is 1. The Bertz CT molecular complexity index is 968. The number of alkyl halides is 2. The molecule has 136 valence electrons. The molecule has 3 rings (SSSR count). The predicted molar refractivity (Wildman–Crippen MR) is 87.2 cm³/mol. The lowest BCUT2D eigenvalue weighted by molar-refractivity contribution is -0.483. The van der Waals surface area contributed by atoms with E-state index in [9.17, 15) is 23.7 Å². The molecule has 26 heavy (non-hydrogen) atoms. The van der Waals surface area contributed by atoms with Crippen molar-refractivity contribution >= 4 is 27.9 Å². The van der Waals surface area contributed by atoms with Crippen LogP contribution in [0.25, 0.3) is 21.9 Å². The zero-order valence-corrected chi connectivity index (χ0v) is 13.2. The van der Waals surface area contributed by atoms with Gasteiger partial charge >= 0.3 is 12.6 Å². The molecule has 0 aliphatic heterocycles. The number of carbonyl (C=O) groups is 1. The average molecular weight is 365 g/mol. The summed E-state index contributed by atoms with van der Waals surface area (Å²) in [5.41, 5.74) is 0.720. The molecule has 0 aliphatic carbocycles. The Morgan fingerprint density at radius 1 is 1.27 bits per heavy atom. The van der Waals surface area contributed by atoms with Crippen LogP contribution in [0.3, 0.4) is 0 Å². The lowest BCUT2D eigenvalue weighted by Crippen LogP contribution is -2.16. The van der Waals surface area contributed by atoms with Crippen molar-refractivity contribution in [2.45, 2.75) is 19.0 Å². The lowest BCUT2D eigenvalue weighted by Gasteiger charge is -2.14. The van der Waals surface area contributed by atoms with Gasteiger partial charge in [0, 0.05) is 15.7 Å². The Balaban J connectivity index is 2.27. The molecule has 9 heteroatoms. The molecule has 0 fully saturated rings. The van der Waals surface area contributed by atoms with Crippen LogP contribution in [0.15, 0.2) is 40.8 Å². The number of carboxylic acids is 1. The van der Waals surface area contributed by atoms with Gasteiger partial charge < -0.3 is 14.3 Å². The first-order chi connectivity index (χ1) is 12.4. The van der Waals surface area contributed by atoms with E-state index in [-0.39, 0.29) is 11.3 Å². The number of para-hydroxylation sites is 1. The summed E-state index contributed by atoms with van der Waals surface area (Å²) < 4.78 is 35.4. The molecule has 1 heterocycles. The van der Waals surface area contributed by atoms with E-state index in [0.29, 0.717) is 21.9 Å². The first-order valence-electron chi connectivity index (χ1n) is 7.59. The third kappa shape index (κ3) is 3.41. The molecule has 0 bridgehead atoms. The van der Waals surface area contributed by atoms with Gasteiger partial charge in [-0.3, -0.25) is 14.9 Å². The van der Waals surface area contributed by atoms with Crippen molar-refractivity contribution < 1.29 is 32.8 Å². The van der Waals surface area contributed by atoms with Crippen LogP contribution in [0.1, 0.15) is 17.9 Å². The molecule has 1 atom stereocenters. The molecular weight excluding hydrogens is 352 g/mol. The Hall–Kier alpha value is -3.23. The number of nitro groups is 1. The Morgan fingerprint density at radius 3 is 2.65 bits per heavy atom. The number of nitrogens with zero attached hydrogens (tertiary/aromatic N) is 1. The highest BCUT2D eigenvalue weighted by Gasteiger charge is 2.27. The first kappa shape index (κ1) is 17.6. The highest BCUT2D eigenvalue weighted by atomic mass is 19.3. The second kappa shape index (κ2) is 6.95. The zero-order valence-electron chi connectivity index (χ0n) is 13.2. The highest BCUT2D eigenvalue weighted by Crippen LogP contribution is 2.40. The Labute approximate surface area is 144 Å². The molecule has 1 unspecified atom stereocenters. The van der Waals surface area contributed by atoms with Gasteiger partial charge in [0.25, 0.3) is 0 Å². The van der Waals surface area contributed by atoms with E-state index >= 15 is 0 Å². The molecule has 1 N–H and O–H groups in total. The van der Waals surface area contributed by atoms with E-state index in [0.717, 1.165) is 0 Å². The normalized spacial score (nSPS) is 12.6. The van der Waals surface area contributed by atoms with Crippen molar-refractivity contribution in [2.75, 3.05) is 6.54 Å². The summed E-state index contributed by atoms with van der Waals surface area (Å²) in [5.74, 6) is -2.37. The van der Waals surface area contributed by atoms with Gasteiger partial charge in [0.05, 0.1) is 12.3 Å². The maximum atomic E-state index is 12.7. The smallest absolute Gasteiger partial charge is 0.387 e. The maximum Gasteiger partial charge on any atom is 0.387 e. The van der Waals surface area contributed by atoms with Crippen LogP contribution >= 0.6 is 0 Å². The van der Waals surface area contributed by atoms with Crippen LogP contribution < -0.4 is 4.74 Å². The third-order valence-corrected chi connectivity index (χ3v) is 3.97. The van der Waals surface area contributed by atoms with E-state index in [1.54, 1.807) is 24.3 Å². The van der Waals surface area contributed by atoms with Gasteiger partial charge in [0.15, 0.2) is 11.3 Å². The van der Waals surface area contributed by atoms with E-state index in [1.807, 2.05) is 0 Å². The van der Waals surface area contributed by atoms with Gasteiger partial charge in [-0.05, 0) is 17.7 Å². The van der Waals surface area contributed by atoms with E-state index in [2.05, 4.69) is 4.74 Å². The number of benzene rings is 2. The minimum Gasteiger partial charge on any atom is -0.481 e. The van der Waals surface area contributed by atoms with Gasteiger partial charge in [-0.2, -0.15) is 8.78 Å². The summed E-state index contributed by atoms with van der Waals surface area (Å²) in [7, 11) is 0. The van der Waals surface area contributed by atoms with Crippen molar-refractivity contribution in [1.82, 2.24) is 0 Å². The minimum absolute atomic E-state index is 0.00253. The number of carboxylic acid groups (broad SMARTS) is 1. The van der Waals surface area contributed by atoms with E-state index in [4.69, 9.17) is 9.52 Å². The monoisotopic (exact) mass is 365 g/mol. The molecule has 0 spiro atoms. The Morgan fingerprint density at radius 2 is 2.00 bits per heavy atom. The van der Waals surface area contributed by atoms with Crippen LogP contribution in [0.5, 0.6) is 5.75 Å². The van der Waals surface area contributed by atoms with Gasteiger partial charge in [-0.15, -0.1) is 0 Å². The van der Waals surface area contributed by atoms with E-state index < -0.39 is 36.4 Å². The number of hydrogen-bond donors (Lipinski definition) is 1. The largest absolute Gasteiger partial charge is 0.481 e. The molecule has 1 aromatic heterocycles. The number of halogens is 2. The van der Waals surface area contributed by atoms with Crippen molar-refractivity contribution in [3.8, 4) is 5.75 Å². The molecule has 0 aliphatic rings. The molecule has 0 radical (unpaired) electrons. The van der Waals surface area contributed by atoms with Gasteiger partial charge in [-0.25, -0.2) is 0 Å². The summed E-state index contributed by atoms with van der Waals surface area (Å²) in [6, 6.07) is 9.25. The lowest BCUT2D eigenvalue weighted by atomic mass is 9.91. The van der Waals surface area contributed by atoms with Crippen molar-refractivity contribution in [1.29, 1.82) is 0 Å². The molecule has 0 amide bonds. The standard InChI is InChI=1S/C17H13F2NO6/c18-17(19)26-13-6-5-10(9(7-14(21)22)8-20(23)24)15-11-3-1-2-4-12(11)25-16(13)15/h1-6,9,17H,7-8H2,(H,21,22). The van der Waals surface area contributed by atoms with Gasteiger partial charge in [0.1, 0.15) is 5.58 Å². The van der Waals surface area contributed by atoms with E-state index in [1.165, 1.54) is 12.1 Å². The van der Waals surface area contributed by atoms with Crippen molar-refractivity contribution in [3.05, 3.63) is 52.1 Å². The summed E-state index contributed by atoms with van der Waals surface area (Å²) in [4.78, 5) is 21.5. The molecular formula is C17H13F2NO6. The molecule has 0 saturated heterocycles. The molecule has 3 aromatic rings. The number of rotatable bonds is 7. The topological polar surface area (TPSA) is 103 Å². The van der Waals surface area contributed by atoms with Crippen LogP contribution in [-0.4, -0.2) is 29.2 Å². The summed E-state index contributed by atoms with van der Waals surface area (Å²) >= 11 is 0. The predicted octanol–water partition coefficient (Wildman–Crippen LogP) is 4.02. The van der Waals surface area contributed by atoms with Crippen molar-refractivity contribution in [3.63, 3.8) is 0 Å². The van der Waals surface area contributed by atoms with Crippen LogP contribution in [0.4, 0.5) is 8.78 Å². The Kier molecular flexibility index (Phi) is 4.70. The van der Waals surface area contributed by atoms with Gasteiger partial charge in [-0.1, -0.05) is 24.3 Å². The fraction of sp³-hybridized carbons (Fsp3) is 0.235. The summed E-state index contributed by atoms with van der Waals surface area (Å²) in [6.07, 6.45) is -0.482. The number of fused-ring (bicyclic) bond motifs is 3. The number of furan rings is 1. The first-order valence-corrected chi connectivity index (χ1v) is 7.59. The summed E-state index contributed by atoms with van der Waals surface area (Å²) in [6.45, 7) is -3.69. The van der Waals surface area contributed by atoms with Crippen molar-refractivity contribution in [2.24, 2.45) is 0 Å². The summed E-state index contributed by atoms with van der Waals surface area (Å²) in [5, 5.41) is 21.0. The average Bonchev–Trinajstić information content (AvgIpc) is 2.93. The van der Waals surface area contributed by atoms with Gasteiger partial charge in [0.2, 0.25) is 6.54 Å². The zero-order chi connectivity index (χ0) is 18.8. The SMILES string of the molecule is O=C(O)CC(C[N+](=O)[O-])c1ccc(OC(F)F)c2oc3ccccc3c12. The fourth-order valence-electron chi connectivity index (χ4n) is 3.02. The maximum absolute atomic E-state index is 12.7. The van der Waals surface area contributed by atoms with Crippen LogP contribution in [-0.2, 0) is 4.79 Å². The third-order valence-electron chi connectivity index (χ3n) is 3.97. The minimum atomic E-state index is -3.08. The van der Waals surface area contributed by atoms with Crippen LogP contribution in [0.2, 0.25) is 0 Å². The quantitative estimate of drug-likeness (QED) is 0.501.